The van der Waals surface area contributed by atoms with Crippen LogP contribution in [-0.2, 0) is 12.8 Å². The predicted molar refractivity (Wildman–Crippen MR) is 75.5 cm³/mol. The number of hydrogen-bond donors (Lipinski definition) is 1. The molecule has 0 atom stereocenters. The molecule has 0 heterocycles. The minimum atomic E-state index is 0.847. The third-order valence-electron chi connectivity index (χ3n) is 3.80. The summed E-state index contributed by atoms with van der Waals surface area (Å²) < 4.78 is 0. The highest BCUT2D eigenvalue weighted by Gasteiger charge is 2.17. The van der Waals surface area contributed by atoms with Crippen molar-refractivity contribution in [3.63, 3.8) is 0 Å². The van der Waals surface area contributed by atoms with Gasteiger partial charge in [-0.15, -0.1) is 0 Å². The van der Waals surface area contributed by atoms with Crippen LogP contribution in [0.3, 0.4) is 0 Å². The lowest BCUT2D eigenvalue weighted by Gasteiger charge is -2.05. The molecule has 0 aliphatic heterocycles. The smallest absolute Gasteiger partial charge is 0.0873 e. The van der Waals surface area contributed by atoms with Gasteiger partial charge < -0.3 is 5.21 Å². The van der Waals surface area contributed by atoms with Crippen molar-refractivity contribution in [2.45, 2.75) is 58.3 Å². The Hall–Kier alpha value is -1.31. The van der Waals surface area contributed by atoms with Crippen LogP contribution in [0, 0.1) is 0 Å². The average molecular weight is 245 g/mol. The van der Waals surface area contributed by atoms with Crippen molar-refractivity contribution in [1.82, 2.24) is 0 Å². The second-order valence-corrected chi connectivity index (χ2v) is 5.20. The molecule has 0 unspecified atom stereocenters. The Labute approximate surface area is 110 Å². The van der Waals surface area contributed by atoms with E-state index in [4.69, 9.17) is 5.21 Å². The minimum absolute atomic E-state index is 0.847. The summed E-state index contributed by atoms with van der Waals surface area (Å²) in [5.41, 5.74) is 4.78. The molecule has 2 rings (SSSR count). The van der Waals surface area contributed by atoms with Crippen LogP contribution in [0.25, 0.3) is 0 Å². The highest BCUT2D eigenvalue weighted by molar-refractivity contribution is 6.04. The summed E-state index contributed by atoms with van der Waals surface area (Å²) in [6, 6.07) is 6.61. The first-order chi connectivity index (χ1) is 8.85. The lowest BCUT2D eigenvalue weighted by molar-refractivity contribution is 0.318. The molecular formula is C16H23NO. The van der Waals surface area contributed by atoms with E-state index in [1.54, 1.807) is 0 Å². The van der Waals surface area contributed by atoms with Gasteiger partial charge in [0.1, 0.15) is 0 Å². The SMILES string of the molecule is CCCCCCCc1ccc2c(c1)CCC2=NO. The molecule has 18 heavy (non-hydrogen) atoms. The number of hydrogen-bond acceptors (Lipinski definition) is 2. The normalized spacial score (nSPS) is 16.2. The zero-order chi connectivity index (χ0) is 12.8. The summed E-state index contributed by atoms with van der Waals surface area (Å²) in [5, 5.41) is 12.3. The quantitative estimate of drug-likeness (QED) is 0.452. The van der Waals surface area contributed by atoms with Crippen molar-refractivity contribution in [2.75, 3.05) is 0 Å². The Morgan fingerprint density at radius 3 is 2.72 bits per heavy atom. The third-order valence-corrected chi connectivity index (χ3v) is 3.80. The van der Waals surface area contributed by atoms with Crippen molar-refractivity contribution in [2.24, 2.45) is 5.16 Å². The fourth-order valence-electron chi connectivity index (χ4n) is 2.72. The van der Waals surface area contributed by atoms with Crippen LogP contribution in [-0.4, -0.2) is 10.9 Å². The molecule has 2 nitrogen and oxygen atoms in total. The number of benzene rings is 1. The molecule has 1 aliphatic carbocycles. The number of aryl methyl sites for hydroxylation is 2. The second-order valence-electron chi connectivity index (χ2n) is 5.20. The van der Waals surface area contributed by atoms with E-state index < -0.39 is 0 Å². The zero-order valence-electron chi connectivity index (χ0n) is 11.3. The molecule has 0 fully saturated rings. The second kappa shape index (κ2) is 6.58. The Kier molecular flexibility index (Phi) is 4.80. The monoisotopic (exact) mass is 245 g/mol. The van der Waals surface area contributed by atoms with E-state index in [9.17, 15) is 0 Å². The topological polar surface area (TPSA) is 32.6 Å². The number of fused-ring (bicyclic) bond motifs is 1. The predicted octanol–water partition coefficient (Wildman–Crippen LogP) is 4.32. The van der Waals surface area contributed by atoms with E-state index in [1.165, 1.54) is 49.7 Å². The highest BCUT2D eigenvalue weighted by Crippen LogP contribution is 2.24. The molecule has 1 aromatic carbocycles. The van der Waals surface area contributed by atoms with Crippen LogP contribution in [0.1, 0.15) is 62.1 Å². The summed E-state index contributed by atoms with van der Waals surface area (Å²) in [7, 11) is 0. The van der Waals surface area contributed by atoms with Crippen molar-refractivity contribution < 1.29 is 5.21 Å². The van der Waals surface area contributed by atoms with Gasteiger partial charge in [-0.2, -0.15) is 0 Å². The van der Waals surface area contributed by atoms with Crippen LogP contribution in [0.4, 0.5) is 0 Å². The van der Waals surface area contributed by atoms with Crippen molar-refractivity contribution in [3.8, 4) is 0 Å². The molecule has 2 heteroatoms. The number of oxime groups is 1. The maximum Gasteiger partial charge on any atom is 0.0873 e. The summed E-state index contributed by atoms with van der Waals surface area (Å²) in [6.45, 7) is 2.25. The summed E-state index contributed by atoms with van der Waals surface area (Å²) in [4.78, 5) is 0. The largest absolute Gasteiger partial charge is 0.411 e. The van der Waals surface area contributed by atoms with Crippen LogP contribution in [0.2, 0.25) is 0 Å². The van der Waals surface area contributed by atoms with E-state index in [2.05, 4.69) is 30.3 Å². The number of unbranched alkanes of at least 4 members (excludes halogenated alkanes) is 4. The molecule has 1 N–H and O–H groups in total. The van der Waals surface area contributed by atoms with Crippen molar-refractivity contribution >= 4 is 5.71 Å². The molecule has 0 saturated carbocycles. The molecule has 0 bridgehead atoms. The minimum Gasteiger partial charge on any atom is -0.411 e. The van der Waals surface area contributed by atoms with Crippen LogP contribution in [0.5, 0.6) is 0 Å². The van der Waals surface area contributed by atoms with Gasteiger partial charge in [-0.05, 0) is 36.8 Å². The van der Waals surface area contributed by atoms with Gasteiger partial charge in [-0.25, -0.2) is 0 Å². The van der Waals surface area contributed by atoms with Gasteiger partial charge >= 0.3 is 0 Å². The summed E-state index contributed by atoms with van der Waals surface area (Å²) in [5.74, 6) is 0. The Balaban J connectivity index is 1.88. The fraction of sp³-hybridized carbons (Fsp3) is 0.562. The molecule has 0 spiro atoms. The van der Waals surface area contributed by atoms with Gasteiger partial charge in [-0.1, -0.05) is 56.0 Å². The van der Waals surface area contributed by atoms with Crippen molar-refractivity contribution in [1.29, 1.82) is 0 Å². The molecule has 1 aliphatic rings. The fourth-order valence-corrected chi connectivity index (χ4v) is 2.72. The first-order valence-electron chi connectivity index (χ1n) is 7.18. The van der Waals surface area contributed by atoms with Gasteiger partial charge in [0.2, 0.25) is 0 Å². The first kappa shape index (κ1) is 13.1. The van der Waals surface area contributed by atoms with Gasteiger partial charge in [0, 0.05) is 5.56 Å². The van der Waals surface area contributed by atoms with Gasteiger partial charge in [0.25, 0.3) is 0 Å². The van der Waals surface area contributed by atoms with E-state index in [-0.39, 0.29) is 0 Å². The Morgan fingerprint density at radius 2 is 1.94 bits per heavy atom. The maximum absolute atomic E-state index is 8.89. The van der Waals surface area contributed by atoms with Crippen molar-refractivity contribution in [3.05, 3.63) is 34.9 Å². The van der Waals surface area contributed by atoms with E-state index in [0.29, 0.717) is 0 Å². The van der Waals surface area contributed by atoms with E-state index >= 15 is 0 Å². The number of nitrogens with zero attached hydrogens (tertiary/aromatic N) is 1. The first-order valence-corrected chi connectivity index (χ1v) is 7.18. The zero-order valence-corrected chi connectivity index (χ0v) is 11.3. The molecule has 0 saturated heterocycles. The van der Waals surface area contributed by atoms with Crippen LogP contribution >= 0.6 is 0 Å². The summed E-state index contributed by atoms with van der Waals surface area (Å²) in [6.07, 6.45) is 9.76. The molecule has 0 amide bonds. The van der Waals surface area contributed by atoms with Gasteiger partial charge in [0.15, 0.2) is 0 Å². The molecular weight excluding hydrogens is 222 g/mol. The third kappa shape index (κ3) is 3.12. The Bertz CT molecular complexity index is 423. The maximum atomic E-state index is 8.89. The number of rotatable bonds is 6. The standard InChI is InChI=1S/C16H23NO/c1-2-3-4-5-6-7-13-8-10-15-14(12-13)9-11-16(15)17-18/h8,10,12,18H,2-7,9,11H2,1H3. The van der Waals surface area contributed by atoms with E-state index in [0.717, 1.165) is 24.1 Å². The highest BCUT2D eigenvalue weighted by atomic mass is 16.4. The molecule has 0 aromatic heterocycles. The lowest BCUT2D eigenvalue weighted by atomic mass is 10.0. The summed E-state index contributed by atoms with van der Waals surface area (Å²) >= 11 is 0. The van der Waals surface area contributed by atoms with Crippen LogP contribution < -0.4 is 0 Å². The van der Waals surface area contributed by atoms with E-state index in [1.807, 2.05) is 0 Å². The Morgan fingerprint density at radius 1 is 1.11 bits per heavy atom. The molecule has 0 radical (unpaired) electrons. The molecule has 98 valence electrons. The average Bonchev–Trinajstić information content (AvgIpc) is 2.80. The van der Waals surface area contributed by atoms with Gasteiger partial charge in [-0.3, -0.25) is 0 Å². The lowest BCUT2D eigenvalue weighted by Crippen LogP contribution is -1.95. The molecule has 1 aromatic rings. The van der Waals surface area contributed by atoms with Crippen LogP contribution in [0.15, 0.2) is 23.4 Å². The van der Waals surface area contributed by atoms with Gasteiger partial charge in [0.05, 0.1) is 5.71 Å².